The van der Waals surface area contributed by atoms with E-state index in [9.17, 15) is 8.42 Å². The summed E-state index contributed by atoms with van der Waals surface area (Å²) < 4.78 is 35.9. The molecule has 2 aromatic rings. The third kappa shape index (κ3) is 3.87. The summed E-state index contributed by atoms with van der Waals surface area (Å²) in [6.45, 7) is 5.96. The Hall–Kier alpha value is -2.02. The number of aromatic nitrogens is 2. The first-order valence-electron chi connectivity index (χ1n) is 8.97. The zero-order valence-electron chi connectivity index (χ0n) is 15.8. The summed E-state index contributed by atoms with van der Waals surface area (Å²) in [6, 6.07) is 7.19. The van der Waals surface area contributed by atoms with Crippen molar-refractivity contribution in [1.29, 1.82) is 0 Å². The van der Waals surface area contributed by atoms with Crippen LogP contribution in [0.15, 0.2) is 35.4 Å². The predicted octanol–water partition coefficient (Wildman–Crippen LogP) is 4.11. The van der Waals surface area contributed by atoms with Gasteiger partial charge in [0.15, 0.2) is 0 Å². The summed E-state index contributed by atoms with van der Waals surface area (Å²) in [5.41, 5.74) is 0.695. The fourth-order valence-electron chi connectivity index (χ4n) is 3.34. The molecule has 1 aliphatic rings. The summed E-state index contributed by atoms with van der Waals surface area (Å²) in [4.78, 5) is 0.250. The number of benzene rings is 1. The highest BCUT2D eigenvalue weighted by Crippen LogP contribution is 2.34. The number of rotatable bonds is 5. The molecule has 0 unspecified atom stereocenters. The second kappa shape index (κ2) is 6.95. The minimum Gasteiger partial charge on any atom is -0.497 e. The SMILES string of the molecule is COc1cccc(NS(=O)(=O)c2cn(C3CCCC3)nc2C(C)(C)C)c1. The Balaban J connectivity index is 1.99. The van der Waals surface area contributed by atoms with Gasteiger partial charge in [0.05, 0.1) is 24.5 Å². The molecule has 26 heavy (non-hydrogen) atoms. The van der Waals surface area contributed by atoms with Gasteiger partial charge in [-0.2, -0.15) is 5.10 Å². The van der Waals surface area contributed by atoms with Crippen LogP contribution in [0.1, 0.15) is 58.2 Å². The second-order valence-electron chi connectivity index (χ2n) is 7.85. The number of nitrogens with zero attached hydrogens (tertiary/aromatic N) is 2. The quantitative estimate of drug-likeness (QED) is 0.851. The number of sulfonamides is 1. The maximum Gasteiger partial charge on any atom is 0.265 e. The number of anilines is 1. The fraction of sp³-hybridized carbons (Fsp3) is 0.526. The van der Waals surface area contributed by atoms with E-state index in [0.717, 1.165) is 12.8 Å². The highest BCUT2D eigenvalue weighted by molar-refractivity contribution is 7.92. The molecule has 0 spiro atoms. The Kier molecular flexibility index (Phi) is 5.01. The third-order valence-electron chi connectivity index (χ3n) is 4.72. The van der Waals surface area contributed by atoms with E-state index in [2.05, 4.69) is 9.82 Å². The molecule has 0 saturated heterocycles. The molecule has 0 bridgehead atoms. The first-order chi connectivity index (χ1) is 12.2. The molecule has 1 aliphatic carbocycles. The van der Waals surface area contributed by atoms with Gasteiger partial charge in [-0.25, -0.2) is 8.42 Å². The molecule has 0 radical (unpaired) electrons. The molecule has 0 atom stereocenters. The van der Waals surface area contributed by atoms with Crippen molar-refractivity contribution >= 4 is 15.7 Å². The van der Waals surface area contributed by atoms with Gasteiger partial charge in [0.1, 0.15) is 10.6 Å². The molecule has 1 saturated carbocycles. The van der Waals surface area contributed by atoms with Crippen molar-refractivity contribution in [3.63, 3.8) is 0 Å². The van der Waals surface area contributed by atoms with Crippen LogP contribution < -0.4 is 9.46 Å². The lowest BCUT2D eigenvalue weighted by Gasteiger charge is -2.18. The lowest BCUT2D eigenvalue weighted by molar-refractivity contribution is 0.415. The zero-order chi connectivity index (χ0) is 18.9. The van der Waals surface area contributed by atoms with E-state index < -0.39 is 10.0 Å². The number of ether oxygens (including phenoxy) is 1. The second-order valence-corrected chi connectivity index (χ2v) is 9.50. The Morgan fingerprint density at radius 3 is 2.54 bits per heavy atom. The largest absolute Gasteiger partial charge is 0.497 e. The van der Waals surface area contributed by atoms with Gasteiger partial charge in [-0.05, 0) is 25.0 Å². The molecular weight excluding hydrogens is 350 g/mol. The van der Waals surface area contributed by atoms with Crippen molar-refractivity contribution in [2.24, 2.45) is 0 Å². The van der Waals surface area contributed by atoms with Gasteiger partial charge in [0.25, 0.3) is 10.0 Å². The standard InChI is InChI=1S/C19H27N3O3S/c1-19(2,3)18-17(13-22(20-18)15-9-5-6-10-15)26(23,24)21-14-8-7-11-16(12-14)25-4/h7-8,11-13,15,21H,5-6,9-10H2,1-4H3. The lowest BCUT2D eigenvalue weighted by atomic mass is 9.92. The van der Waals surface area contributed by atoms with E-state index in [0.29, 0.717) is 17.1 Å². The summed E-state index contributed by atoms with van der Waals surface area (Å²) in [7, 11) is -2.20. The predicted molar refractivity (Wildman–Crippen MR) is 102 cm³/mol. The maximum absolute atomic E-state index is 13.1. The molecule has 1 N–H and O–H groups in total. The van der Waals surface area contributed by atoms with E-state index in [1.165, 1.54) is 12.8 Å². The normalized spacial score (nSPS) is 16.0. The van der Waals surface area contributed by atoms with Gasteiger partial charge in [0, 0.05) is 17.7 Å². The molecule has 1 aromatic carbocycles. The van der Waals surface area contributed by atoms with Gasteiger partial charge in [0.2, 0.25) is 0 Å². The maximum atomic E-state index is 13.1. The highest BCUT2D eigenvalue weighted by atomic mass is 32.2. The van der Waals surface area contributed by atoms with Crippen LogP contribution in [0.5, 0.6) is 5.75 Å². The highest BCUT2D eigenvalue weighted by Gasteiger charge is 2.32. The van der Waals surface area contributed by atoms with Crippen LogP contribution in [0.4, 0.5) is 5.69 Å². The van der Waals surface area contributed by atoms with Crippen LogP contribution in [0.25, 0.3) is 0 Å². The molecule has 6 nitrogen and oxygen atoms in total. The molecule has 142 valence electrons. The van der Waals surface area contributed by atoms with Gasteiger partial charge in [-0.15, -0.1) is 0 Å². The van der Waals surface area contributed by atoms with E-state index in [1.807, 2.05) is 25.5 Å². The Bertz CT molecular complexity index is 876. The van der Waals surface area contributed by atoms with Crippen LogP contribution in [0.3, 0.4) is 0 Å². The van der Waals surface area contributed by atoms with E-state index >= 15 is 0 Å². The molecule has 1 fully saturated rings. The topological polar surface area (TPSA) is 73.2 Å². The third-order valence-corrected chi connectivity index (χ3v) is 6.10. The van der Waals surface area contributed by atoms with Crippen LogP contribution in [0.2, 0.25) is 0 Å². The van der Waals surface area contributed by atoms with E-state index in [-0.39, 0.29) is 16.4 Å². The van der Waals surface area contributed by atoms with Gasteiger partial charge in [-0.3, -0.25) is 9.40 Å². The number of methoxy groups -OCH3 is 1. The van der Waals surface area contributed by atoms with Crippen molar-refractivity contribution in [2.75, 3.05) is 11.8 Å². The van der Waals surface area contributed by atoms with Gasteiger partial charge in [-0.1, -0.05) is 39.7 Å². The van der Waals surface area contributed by atoms with Crippen molar-refractivity contribution in [3.05, 3.63) is 36.2 Å². The molecule has 0 aliphatic heterocycles. The first kappa shape index (κ1) is 18.8. The summed E-state index contributed by atoms with van der Waals surface area (Å²) >= 11 is 0. The number of nitrogens with one attached hydrogen (secondary N) is 1. The average molecular weight is 378 g/mol. The van der Waals surface area contributed by atoms with Crippen molar-refractivity contribution < 1.29 is 13.2 Å². The summed E-state index contributed by atoms with van der Waals surface area (Å²) in [5.74, 6) is 0.600. The number of hydrogen-bond donors (Lipinski definition) is 1. The Morgan fingerprint density at radius 2 is 1.92 bits per heavy atom. The number of hydrogen-bond acceptors (Lipinski definition) is 4. The molecule has 1 heterocycles. The summed E-state index contributed by atoms with van der Waals surface area (Å²) in [5, 5.41) is 4.68. The van der Waals surface area contributed by atoms with Crippen molar-refractivity contribution in [3.8, 4) is 5.75 Å². The fourth-order valence-corrected chi connectivity index (χ4v) is 4.74. The average Bonchev–Trinajstić information content (AvgIpc) is 3.23. The zero-order valence-corrected chi connectivity index (χ0v) is 16.6. The van der Waals surface area contributed by atoms with Crippen LogP contribution in [-0.4, -0.2) is 25.3 Å². The van der Waals surface area contributed by atoms with E-state index in [4.69, 9.17) is 4.74 Å². The molecule has 7 heteroatoms. The molecule has 3 rings (SSSR count). The van der Waals surface area contributed by atoms with E-state index in [1.54, 1.807) is 37.6 Å². The van der Waals surface area contributed by atoms with Crippen molar-refractivity contribution in [1.82, 2.24) is 9.78 Å². The smallest absolute Gasteiger partial charge is 0.265 e. The van der Waals surface area contributed by atoms with Gasteiger partial charge >= 0.3 is 0 Å². The summed E-state index contributed by atoms with van der Waals surface area (Å²) in [6.07, 6.45) is 6.13. The minimum absolute atomic E-state index is 0.250. The van der Waals surface area contributed by atoms with Crippen molar-refractivity contribution in [2.45, 2.75) is 62.8 Å². The lowest BCUT2D eigenvalue weighted by Crippen LogP contribution is -2.20. The molecule has 0 amide bonds. The Labute approximate surface area is 155 Å². The van der Waals surface area contributed by atoms with Gasteiger partial charge < -0.3 is 4.74 Å². The molecular formula is C19H27N3O3S. The minimum atomic E-state index is -3.75. The van der Waals surface area contributed by atoms with Crippen LogP contribution in [0, 0.1) is 0 Å². The first-order valence-corrected chi connectivity index (χ1v) is 10.5. The monoisotopic (exact) mass is 377 g/mol. The van der Waals surface area contributed by atoms with Crippen LogP contribution in [-0.2, 0) is 15.4 Å². The molecule has 1 aromatic heterocycles. The van der Waals surface area contributed by atoms with Crippen LogP contribution >= 0.6 is 0 Å². The Morgan fingerprint density at radius 1 is 1.23 bits per heavy atom.